The molecule has 4 nitrogen and oxygen atoms in total. The summed E-state index contributed by atoms with van der Waals surface area (Å²) >= 11 is 0. The molecular weight excluding hydrogens is 588 g/mol. The van der Waals surface area contributed by atoms with E-state index in [0.29, 0.717) is 5.89 Å². The number of para-hydroxylation sites is 1. The van der Waals surface area contributed by atoms with Gasteiger partial charge >= 0.3 is 0 Å². The summed E-state index contributed by atoms with van der Waals surface area (Å²) in [6.07, 6.45) is 0. The first-order valence-corrected chi connectivity index (χ1v) is 16.4. The minimum Gasteiger partial charge on any atom is -0.456 e. The third-order valence-corrected chi connectivity index (χ3v) is 10.1. The third kappa shape index (κ3) is 3.86. The van der Waals surface area contributed by atoms with Gasteiger partial charge in [-0.15, -0.1) is 0 Å². The van der Waals surface area contributed by atoms with Crippen LogP contribution < -0.4 is 4.90 Å². The van der Waals surface area contributed by atoms with Crippen molar-refractivity contribution >= 4 is 60.9 Å². The minimum absolute atomic E-state index is 0.0816. The number of rotatable bonds is 4. The Bertz CT molecular complexity index is 2720. The highest BCUT2D eigenvalue weighted by Gasteiger charge is 2.35. The van der Waals surface area contributed by atoms with Gasteiger partial charge in [0.25, 0.3) is 0 Å². The Morgan fingerprint density at radius 2 is 1.31 bits per heavy atom. The van der Waals surface area contributed by atoms with E-state index in [1.165, 1.54) is 22.3 Å². The summed E-state index contributed by atoms with van der Waals surface area (Å²) in [6, 6.07) is 51.2. The van der Waals surface area contributed by atoms with Crippen molar-refractivity contribution in [3.63, 3.8) is 0 Å². The van der Waals surface area contributed by atoms with Gasteiger partial charge in [-0.1, -0.05) is 98.8 Å². The van der Waals surface area contributed by atoms with Crippen molar-refractivity contribution in [2.45, 2.75) is 19.3 Å². The molecule has 7 aromatic carbocycles. The fraction of sp³-hybridized carbons (Fsp3) is 0.0682. The summed E-state index contributed by atoms with van der Waals surface area (Å²) in [5.74, 6) is 0.611. The van der Waals surface area contributed by atoms with Crippen molar-refractivity contribution in [1.29, 1.82) is 0 Å². The zero-order valence-electron chi connectivity index (χ0n) is 26.6. The molecule has 0 unspecified atom stereocenters. The predicted molar refractivity (Wildman–Crippen MR) is 196 cm³/mol. The van der Waals surface area contributed by atoms with Gasteiger partial charge in [0.15, 0.2) is 5.58 Å². The Morgan fingerprint density at radius 3 is 2.23 bits per heavy atom. The van der Waals surface area contributed by atoms with Gasteiger partial charge in [0, 0.05) is 39.2 Å². The summed E-state index contributed by atoms with van der Waals surface area (Å²) in [6.45, 7) is 4.64. The fourth-order valence-corrected chi connectivity index (χ4v) is 7.76. The molecule has 0 saturated carbocycles. The second-order valence-electron chi connectivity index (χ2n) is 13.2. The fourth-order valence-electron chi connectivity index (χ4n) is 7.76. The van der Waals surface area contributed by atoms with E-state index < -0.39 is 0 Å². The maximum Gasteiger partial charge on any atom is 0.227 e. The average molecular weight is 619 g/mol. The van der Waals surface area contributed by atoms with E-state index in [0.717, 1.165) is 66.4 Å². The SMILES string of the molecule is CC1(C)c2ccccc2-c2cc(N(c3ccc4c(c3)oc3ccccc34)c3cccc4ccc5nc(-c6ccccc6)oc5c34)ccc21. The van der Waals surface area contributed by atoms with E-state index in [-0.39, 0.29) is 5.41 Å². The summed E-state index contributed by atoms with van der Waals surface area (Å²) in [7, 11) is 0. The predicted octanol–water partition coefficient (Wildman–Crippen LogP) is 12.3. The van der Waals surface area contributed by atoms with Crippen molar-refractivity contribution in [2.75, 3.05) is 4.90 Å². The van der Waals surface area contributed by atoms with Gasteiger partial charge in [0.1, 0.15) is 16.7 Å². The molecule has 228 valence electrons. The number of hydrogen-bond donors (Lipinski definition) is 0. The molecule has 9 aromatic rings. The molecule has 1 aliphatic rings. The number of hydrogen-bond acceptors (Lipinski definition) is 4. The molecule has 4 heteroatoms. The smallest absolute Gasteiger partial charge is 0.227 e. The maximum absolute atomic E-state index is 6.63. The molecule has 0 amide bonds. The van der Waals surface area contributed by atoms with Crippen LogP contribution in [0.3, 0.4) is 0 Å². The van der Waals surface area contributed by atoms with Crippen molar-refractivity contribution in [2.24, 2.45) is 0 Å². The number of benzene rings is 7. The molecular formula is C44H30N2O2. The zero-order chi connectivity index (χ0) is 32.0. The summed E-state index contributed by atoms with van der Waals surface area (Å²) in [4.78, 5) is 7.27. The van der Waals surface area contributed by atoms with E-state index in [2.05, 4.69) is 122 Å². The summed E-state index contributed by atoms with van der Waals surface area (Å²) < 4.78 is 13.0. The molecule has 0 bridgehead atoms. The van der Waals surface area contributed by atoms with Crippen LogP contribution >= 0.6 is 0 Å². The van der Waals surface area contributed by atoms with Crippen LogP contribution in [0.5, 0.6) is 0 Å². The molecule has 0 N–H and O–H groups in total. The van der Waals surface area contributed by atoms with Crippen molar-refractivity contribution in [3.05, 3.63) is 157 Å². The highest BCUT2D eigenvalue weighted by atomic mass is 16.3. The molecule has 1 aliphatic carbocycles. The number of anilines is 3. The maximum atomic E-state index is 6.63. The van der Waals surface area contributed by atoms with Gasteiger partial charge in [0.2, 0.25) is 5.89 Å². The highest BCUT2D eigenvalue weighted by molar-refractivity contribution is 6.13. The lowest BCUT2D eigenvalue weighted by atomic mass is 9.82. The van der Waals surface area contributed by atoms with Crippen molar-refractivity contribution in [3.8, 4) is 22.6 Å². The molecule has 0 radical (unpaired) electrons. The van der Waals surface area contributed by atoms with Crippen LogP contribution in [0.2, 0.25) is 0 Å². The Labute approximate surface area is 277 Å². The molecule has 10 rings (SSSR count). The quantitative estimate of drug-likeness (QED) is 0.197. The van der Waals surface area contributed by atoms with Gasteiger partial charge in [0.05, 0.1) is 11.1 Å². The van der Waals surface area contributed by atoms with Crippen LogP contribution in [-0.4, -0.2) is 4.98 Å². The minimum atomic E-state index is -0.0816. The molecule has 0 atom stereocenters. The average Bonchev–Trinajstić information content (AvgIpc) is 3.79. The standard InChI is InChI=1S/C44H30N2O2/c1-44(2)35-16-8-6-14-31(35)34-25-29(21-23-36(34)44)46(30-20-22-33-32-15-7-9-18-39(32)47-40(33)26-30)38-17-10-13-27-19-24-37-42(41(27)38)48-43(45-37)28-11-4-3-5-12-28/h3-26H,1-2H3. The topological polar surface area (TPSA) is 42.4 Å². The van der Waals surface area contributed by atoms with E-state index >= 15 is 0 Å². The highest BCUT2D eigenvalue weighted by Crippen LogP contribution is 2.51. The second kappa shape index (κ2) is 9.93. The van der Waals surface area contributed by atoms with Gasteiger partial charge in [-0.2, -0.15) is 0 Å². The first-order chi connectivity index (χ1) is 23.5. The van der Waals surface area contributed by atoms with Gasteiger partial charge < -0.3 is 13.7 Å². The van der Waals surface area contributed by atoms with E-state index in [4.69, 9.17) is 13.8 Å². The second-order valence-corrected chi connectivity index (χ2v) is 13.2. The molecule has 0 saturated heterocycles. The first-order valence-electron chi connectivity index (χ1n) is 16.4. The number of aromatic nitrogens is 1. The van der Waals surface area contributed by atoms with Crippen LogP contribution in [0.1, 0.15) is 25.0 Å². The molecule has 0 aliphatic heterocycles. The lowest BCUT2D eigenvalue weighted by molar-refractivity contribution is 0.623. The van der Waals surface area contributed by atoms with E-state index in [9.17, 15) is 0 Å². The summed E-state index contributed by atoms with van der Waals surface area (Å²) in [5, 5.41) is 4.31. The van der Waals surface area contributed by atoms with Gasteiger partial charge in [-0.05, 0) is 82.2 Å². The molecule has 2 aromatic heterocycles. The Morgan fingerprint density at radius 1 is 0.562 bits per heavy atom. The number of furan rings is 1. The Hall–Kier alpha value is -6.13. The normalized spacial score (nSPS) is 13.4. The van der Waals surface area contributed by atoms with E-state index in [1.807, 2.05) is 42.5 Å². The first kappa shape index (κ1) is 27.0. The van der Waals surface area contributed by atoms with Gasteiger partial charge in [-0.25, -0.2) is 4.98 Å². The van der Waals surface area contributed by atoms with Crippen LogP contribution in [-0.2, 0) is 5.41 Å². The van der Waals surface area contributed by atoms with Crippen LogP contribution in [0.15, 0.2) is 154 Å². The van der Waals surface area contributed by atoms with Crippen LogP contribution in [0, 0.1) is 0 Å². The zero-order valence-corrected chi connectivity index (χ0v) is 26.6. The summed E-state index contributed by atoms with van der Waals surface area (Å²) in [5.41, 5.74) is 12.5. The van der Waals surface area contributed by atoms with Gasteiger partial charge in [-0.3, -0.25) is 0 Å². The molecule has 2 heterocycles. The molecule has 0 fully saturated rings. The van der Waals surface area contributed by atoms with Crippen molar-refractivity contribution in [1.82, 2.24) is 4.98 Å². The third-order valence-electron chi connectivity index (χ3n) is 10.1. The largest absolute Gasteiger partial charge is 0.456 e. The number of oxazole rings is 1. The van der Waals surface area contributed by atoms with Crippen LogP contribution in [0.4, 0.5) is 17.1 Å². The Balaban J connectivity index is 1.25. The molecule has 48 heavy (non-hydrogen) atoms. The Kier molecular flexibility index (Phi) is 5.59. The number of nitrogens with zero attached hydrogens (tertiary/aromatic N) is 2. The lowest BCUT2D eigenvalue weighted by Crippen LogP contribution is -2.15. The number of fused-ring (bicyclic) bond motifs is 9. The van der Waals surface area contributed by atoms with E-state index in [1.54, 1.807) is 0 Å². The van der Waals surface area contributed by atoms with Crippen molar-refractivity contribution < 1.29 is 8.83 Å². The lowest BCUT2D eigenvalue weighted by Gasteiger charge is -2.28. The monoisotopic (exact) mass is 618 g/mol. The van der Waals surface area contributed by atoms with Crippen LogP contribution in [0.25, 0.3) is 66.4 Å². The molecule has 0 spiro atoms.